The van der Waals surface area contributed by atoms with E-state index in [0.717, 1.165) is 43.6 Å². The van der Waals surface area contributed by atoms with E-state index in [4.69, 9.17) is 4.52 Å². The summed E-state index contributed by atoms with van der Waals surface area (Å²) in [7, 11) is 0. The summed E-state index contributed by atoms with van der Waals surface area (Å²) in [6, 6.07) is 16.6. The van der Waals surface area contributed by atoms with Gasteiger partial charge >= 0.3 is 0 Å². The highest BCUT2D eigenvalue weighted by Crippen LogP contribution is 2.24. The molecule has 0 unspecified atom stereocenters. The minimum Gasteiger partial charge on any atom is -0.392 e. The van der Waals surface area contributed by atoms with Crippen molar-refractivity contribution in [3.05, 3.63) is 59.7 Å². The molecule has 1 atom stereocenters. The number of rotatable bonds is 6. The molecule has 1 fully saturated rings. The van der Waals surface area contributed by atoms with Crippen molar-refractivity contribution in [3.8, 4) is 22.8 Å². The van der Waals surface area contributed by atoms with Gasteiger partial charge in [0.2, 0.25) is 5.82 Å². The Balaban J connectivity index is 1.43. The predicted molar refractivity (Wildman–Crippen MR) is 110 cm³/mol. The molecule has 1 aliphatic rings. The highest BCUT2D eigenvalue weighted by Gasteiger charge is 2.20. The Morgan fingerprint density at radius 1 is 1.04 bits per heavy atom. The van der Waals surface area contributed by atoms with Gasteiger partial charge in [-0.2, -0.15) is 4.98 Å². The van der Waals surface area contributed by atoms with Gasteiger partial charge in [0, 0.05) is 30.8 Å². The first-order chi connectivity index (χ1) is 13.6. The fourth-order valence-corrected chi connectivity index (χ4v) is 3.69. The minimum absolute atomic E-state index is 0.184. The van der Waals surface area contributed by atoms with E-state index in [2.05, 4.69) is 53.2 Å². The van der Waals surface area contributed by atoms with Crippen LogP contribution in [-0.2, 0) is 13.0 Å². The van der Waals surface area contributed by atoms with Crippen LogP contribution in [0.1, 0.15) is 31.4 Å². The summed E-state index contributed by atoms with van der Waals surface area (Å²) < 4.78 is 5.48. The first-order valence-electron chi connectivity index (χ1n) is 9.99. The molecular formula is C23H27N3O2. The van der Waals surface area contributed by atoms with Gasteiger partial charge in [-0.15, -0.1) is 0 Å². The molecule has 0 amide bonds. The lowest BCUT2D eigenvalue weighted by molar-refractivity contribution is 0.175. The summed E-state index contributed by atoms with van der Waals surface area (Å²) >= 11 is 0. The average molecular weight is 377 g/mol. The number of β-amino-alcohol motifs (C(OH)–C–C–N with tert-alkyl or cyclic N) is 1. The Hall–Kier alpha value is -2.50. The van der Waals surface area contributed by atoms with Crippen LogP contribution in [0.5, 0.6) is 0 Å². The average Bonchev–Trinajstić information content (AvgIpc) is 3.32. The number of aliphatic hydroxyl groups excluding tert-OH is 1. The molecule has 0 bridgehead atoms. The van der Waals surface area contributed by atoms with Crippen LogP contribution in [0, 0.1) is 5.92 Å². The maximum atomic E-state index is 9.65. The molecule has 0 saturated carbocycles. The Kier molecular flexibility index (Phi) is 5.55. The number of hydrogen-bond acceptors (Lipinski definition) is 5. The Morgan fingerprint density at radius 2 is 1.71 bits per heavy atom. The van der Waals surface area contributed by atoms with Crippen LogP contribution in [0.4, 0.5) is 0 Å². The molecule has 1 saturated heterocycles. The van der Waals surface area contributed by atoms with Crippen LogP contribution in [-0.4, -0.2) is 39.3 Å². The van der Waals surface area contributed by atoms with E-state index in [0.29, 0.717) is 17.6 Å². The van der Waals surface area contributed by atoms with E-state index in [1.165, 1.54) is 11.1 Å². The van der Waals surface area contributed by atoms with Crippen LogP contribution < -0.4 is 0 Å². The zero-order chi connectivity index (χ0) is 19.5. The van der Waals surface area contributed by atoms with Crippen LogP contribution in [0.15, 0.2) is 53.1 Å². The number of likely N-dealkylation sites (tertiary alicyclic amines) is 1. The quantitative estimate of drug-likeness (QED) is 0.699. The van der Waals surface area contributed by atoms with E-state index in [1.54, 1.807) is 0 Å². The number of benzene rings is 2. The third-order valence-corrected chi connectivity index (χ3v) is 5.14. The maximum Gasteiger partial charge on any atom is 0.258 e. The van der Waals surface area contributed by atoms with Crippen LogP contribution >= 0.6 is 0 Å². The molecular weight excluding hydrogens is 350 g/mol. The van der Waals surface area contributed by atoms with E-state index >= 15 is 0 Å². The number of aromatic nitrogens is 2. The van der Waals surface area contributed by atoms with Crippen molar-refractivity contribution in [1.29, 1.82) is 0 Å². The van der Waals surface area contributed by atoms with Gasteiger partial charge in [0.1, 0.15) is 0 Å². The molecule has 2 aromatic carbocycles. The van der Waals surface area contributed by atoms with Gasteiger partial charge in [-0.25, -0.2) is 0 Å². The third kappa shape index (κ3) is 4.49. The van der Waals surface area contributed by atoms with E-state index in [-0.39, 0.29) is 6.10 Å². The normalized spacial score (nSPS) is 17.5. The largest absolute Gasteiger partial charge is 0.392 e. The van der Waals surface area contributed by atoms with Gasteiger partial charge in [-0.3, -0.25) is 4.90 Å². The molecule has 3 aromatic rings. The smallest absolute Gasteiger partial charge is 0.258 e. The fraction of sp³-hybridized carbons (Fsp3) is 0.391. The number of hydrogen-bond donors (Lipinski definition) is 1. The van der Waals surface area contributed by atoms with Crippen LogP contribution in [0.2, 0.25) is 0 Å². The number of nitrogens with zero attached hydrogens (tertiary/aromatic N) is 3. The Bertz CT molecular complexity index is 900. The van der Waals surface area contributed by atoms with Gasteiger partial charge in [0.25, 0.3) is 5.89 Å². The second-order valence-electron chi connectivity index (χ2n) is 8.09. The first-order valence-corrected chi connectivity index (χ1v) is 9.99. The summed E-state index contributed by atoms with van der Waals surface area (Å²) in [5, 5.41) is 13.8. The molecule has 1 N–H and O–H groups in total. The second-order valence-corrected chi connectivity index (χ2v) is 8.09. The van der Waals surface area contributed by atoms with Crippen LogP contribution in [0.3, 0.4) is 0 Å². The minimum atomic E-state index is -0.184. The standard InChI is InChI=1S/C23H27N3O2/c1-16(2)13-17-3-9-20(10-4-17)23-24-22(25-28-23)19-7-5-18(6-8-19)14-26-12-11-21(27)15-26/h3-10,16,21,27H,11-15H2,1-2H3/t21-/m0/s1. The van der Waals surface area contributed by atoms with Crippen molar-refractivity contribution in [1.82, 2.24) is 15.0 Å². The molecule has 2 heterocycles. The van der Waals surface area contributed by atoms with E-state index in [9.17, 15) is 5.11 Å². The van der Waals surface area contributed by atoms with Crippen molar-refractivity contribution in [2.75, 3.05) is 13.1 Å². The molecule has 0 aliphatic carbocycles. The molecule has 5 nitrogen and oxygen atoms in total. The van der Waals surface area contributed by atoms with Crippen LogP contribution in [0.25, 0.3) is 22.8 Å². The summed E-state index contributed by atoms with van der Waals surface area (Å²) in [6.45, 7) is 7.01. The first kappa shape index (κ1) is 18.8. The third-order valence-electron chi connectivity index (χ3n) is 5.14. The van der Waals surface area contributed by atoms with Gasteiger partial charge in [0.15, 0.2) is 0 Å². The number of aliphatic hydroxyl groups is 1. The molecule has 1 aromatic heterocycles. The zero-order valence-electron chi connectivity index (χ0n) is 16.5. The van der Waals surface area contributed by atoms with Crippen molar-refractivity contribution in [3.63, 3.8) is 0 Å². The topological polar surface area (TPSA) is 62.4 Å². The summed E-state index contributed by atoms with van der Waals surface area (Å²) in [5.41, 5.74) is 4.43. The second kappa shape index (κ2) is 8.25. The van der Waals surface area contributed by atoms with Gasteiger partial charge in [-0.1, -0.05) is 55.4 Å². The van der Waals surface area contributed by atoms with E-state index < -0.39 is 0 Å². The lowest BCUT2D eigenvalue weighted by Crippen LogP contribution is -2.21. The fourth-order valence-electron chi connectivity index (χ4n) is 3.69. The summed E-state index contributed by atoms with van der Waals surface area (Å²) in [5.74, 6) is 1.78. The molecule has 4 rings (SSSR count). The van der Waals surface area contributed by atoms with Crippen molar-refractivity contribution in [2.24, 2.45) is 5.92 Å². The Morgan fingerprint density at radius 3 is 2.36 bits per heavy atom. The lowest BCUT2D eigenvalue weighted by Gasteiger charge is -2.14. The Labute approximate surface area is 166 Å². The van der Waals surface area contributed by atoms with Gasteiger partial charge in [-0.05, 0) is 42.0 Å². The molecule has 0 radical (unpaired) electrons. The van der Waals surface area contributed by atoms with Gasteiger partial charge < -0.3 is 9.63 Å². The predicted octanol–water partition coefficient (Wildman–Crippen LogP) is 4.17. The SMILES string of the molecule is CC(C)Cc1ccc(-c2nc(-c3ccc(CN4CC[C@H](O)C4)cc3)no2)cc1. The lowest BCUT2D eigenvalue weighted by atomic mass is 10.0. The molecule has 146 valence electrons. The molecule has 28 heavy (non-hydrogen) atoms. The molecule has 0 spiro atoms. The van der Waals surface area contributed by atoms with Crippen molar-refractivity contribution < 1.29 is 9.63 Å². The van der Waals surface area contributed by atoms with Crippen molar-refractivity contribution in [2.45, 2.75) is 39.3 Å². The molecule has 5 heteroatoms. The summed E-state index contributed by atoms with van der Waals surface area (Å²) in [4.78, 5) is 6.84. The highest BCUT2D eigenvalue weighted by molar-refractivity contribution is 5.60. The summed E-state index contributed by atoms with van der Waals surface area (Å²) in [6.07, 6.45) is 1.75. The van der Waals surface area contributed by atoms with Gasteiger partial charge in [0.05, 0.1) is 6.10 Å². The molecule has 1 aliphatic heterocycles. The monoisotopic (exact) mass is 377 g/mol. The van der Waals surface area contributed by atoms with Crippen molar-refractivity contribution >= 4 is 0 Å². The highest BCUT2D eigenvalue weighted by atomic mass is 16.5. The maximum absolute atomic E-state index is 9.65. The zero-order valence-corrected chi connectivity index (χ0v) is 16.5. The van der Waals surface area contributed by atoms with E-state index in [1.807, 2.05) is 24.3 Å².